The van der Waals surface area contributed by atoms with E-state index in [1.807, 2.05) is 6.07 Å². The zero-order valence-electron chi connectivity index (χ0n) is 16.6. The molecule has 0 radical (unpaired) electrons. The Morgan fingerprint density at radius 2 is 1.31 bits per heavy atom. The Labute approximate surface area is 160 Å². The molecule has 0 atom stereocenters. The summed E-state index contributed by atoms with van der Waals surface area (Å²) in [4.78, 5) is 0. The SMILES string of the molecule is CCCC/C=C/C/C=C/CCCCCCCCCc1ccc(O)c(O)c1. The van der Waals surface area contributed by atoms with Gasteiger partial charge < -0.3 is 10.2 Å². The number of benzene rings is 1. The fraction of sp³-hybridized carbons (Fsp3) is 0.583. The van der Waals surface area contributed by atoms with E-state index in [1.54, 1.807) is 12.1 Å². The van der Waals surface area contributed by atoms with E-state index in [9.17, 15) is 10.2 Å². The lowest BCUT2D eigenvalue weighted by Gasteiger charge is -2.04. The smallest absolute Gasteiger partial charge is 0.157 e. The zero-order valence-corrected chi connectivity index (χ0v) is 16.6. The van der Waals surface area contributed by atoms with Crippen molar-refractivity contribution in [2.45, 2.75) is 90.4 Å². The first-order valence-electron chi connectivity index (χ1n) is 10.5. The van der Waals surface area contributed by atoms with Gasteiger partial charge in [0.2, 0.25) is 0 Å². The van der Waals surface area contributed by atoms with Crippen molar-refractivity contribution in [1.82, 2.24) is 0 Å². The largest absolute Gasteiger partial charge is 0.504 e. The van der Waals surface area contributed by atoms with Gasteiger partial charge in [-0.05, 0) is 56.2 Å². The van der Waals surface area contributed by atoms with E-state index < -0.39 is 0 Å². The summed E-state index contributed by atoms with van der Waals surface area (Å²) in [7, 11) is 0. The highest BCUT2D eigenvalue weighted by molar-refractivity contribution is 5.40. The zero-order chi connectivity index (χ0) is 18.9. The highest BCUT2D eigenvalue weighted by Gasteiger charge is 2.00. The van der Waals surface area contributed by atoms with Crippen molar-refractivity contribution in [2.75, 3.05) is 0 Å². The van der Waals surface area contributed by atoms with Crippen LogP contribution in [0.5, 0.6) is 11.5 Å². The molecule has 1 aromatic rings. The average Bonchev–Trinajstić information content (AvgIpc) is 2.64. The lowest BCUT2D eigenvalue weighted by molar-refractivity contribution is 0.403. The van der Waals surface area contributed by atoms with Crippen molar-refractivity contribution in [2.24, 2.45) is 0 Å². The molecule has 26 heavy (non-hydrogen) atoms. The molecule has 2 heteroatoms. The Hall–Kier alpha value is -1.70. The first-order chi connectivity index (χ1) is 12.7. The van der Waals surface area contributed by atoms with Crippen LogP contribution in [0, 0.1) is 0 Å². The Balaban J connectivity index is 1.87. The van der Waals surface area contributed by atoms with Crippen LogP contribution in [0.1, 0.15) is 89.5 Å². The Morgan fingerprint density at radius 1 is 0.692 bits per heavy atom. The van der Waals surface area contributed by atoms with Crippen LogP contribution in [0.15, 0.2) is 42.5 Å². The van der Waals surface area contributed by atoms with E-state index in [1.165, 1.54) is 64.2 Å². The minimum atomic E-state index is -0.0352. The second-order valence-electron chi connectivity index (χ2n) is 7.16. The van der Waals surface area contributed by atoms with Gasteiger partial charge in [-0.25, -0.2) is 0 Å². The molecule has 1 aromatic carbocycles. The summed E-state index contributed by atoms with van der Waals surface area (Å²) in [6.45, 7) is 2.23. The minimum Gasteiger partial charge on any atom is -0.504 e. The summed E-state index contributed by atoms with van der Waals surface area (Å²) in [6.07, 6.45) is 25.3. The second-order valence-corrected chi connectivity index (χ2v) is 7.16. The summed E-state index contributed by atoms with van der Waals surface area (Å²) in [6, 6.07) is 5.13. The van der Waals surface area contributed by atoms with Gasteiger partial charge in [-0.1, -0.05) is 82.2 Å². The van der Waals surface area contributed by atoms with Crippen LogP contribution in [0.3, 0.4) is 0 Å². The summed E-state index contributed by atoms with van der Waals surface area (Å²) >= 11 is 0. The van der Waals surface area contributed by atoms with Gasteiger partial charge in [0.15, 0.2) is 11.5 Å². The molecule has 0 saturated heterocycles. The fourth-order valence-electron chi connectivity index (χ4n) is 3.03. The third kappa shape index (κ3) is 11.8. The van der Waals surface area contributed by atoms with E-state index in [-0.39, 0.29) is 11.5 Å². The normalized spacial score (nSPS) is 11.7. The molecule has 0 aromatic heterocycles. The van der Waals surface area contributed by atoms with E-state index in [4.69, 9.17) is 0 Å². The van der Waals surface area contributed by atoms with Crippen LogP contribution in [-0.2, 0) is 6.42 Å². The molecular formula is C24H38O2. The van der Waals surface area contributed by atoms with Gasteiger partial charge in [0.25, 0.3) is 0 Å². The molecule has 0 aliphatic heterocycles. The number of phenols is 2. The molecule has 0 spiro atoms. The maximum Gasteiger partial charge on any atom is 0.157 e. The summed E-state index contributed by atoms with van der Waals surface area (Å²) < 4.78 is 0. The third-order valence-corrected chi connectivity index (χ3v) is 4.71. The molecular weight excluding hydrogens is 320 g/mol. The molecule has 0 fully saturated rings. The van der Waals surface area contributed by atoms with Gasteiger partial charge >= 0.3 is 0 Å². The molecule has 0 aliphatic rings. The molecule has 1 rings (SSSR count). The van der Waals surface area contributed by atoms with E-state index >= 15 is 0 Å². The highest BCUT2D eigenvalue weighted by atomic mass is 16.3. The second kappa shape index (κ2) is 15.5. The van der Waals surface area contributed by atoms with Crippen molar-refractivity contribution in [1.29, 1.82) is 0 Å². The predicted molar refractivity (Wildman–Crippen MR) is 113 cm³/mol. The summed E-state index contributed by atoms with van der Waals surface area (Å²) in [5.74, 6) is -0.0453. The lowest BCUT2D eigenvalue weighted by atomic mass is 10.0. The topological polar surface area (TPSA) is 40.5 Å². The molecule has 0 amide bonds. The third-order valence-electron chi connectivity index (χ3n) is 4.71. The quantitative estimate of drug-likeness (QED) is 0.194. The van der Waals surface area contributed by atoms with Crippen molar-refractivity contribution in [3.63, 3.8) is 0 Å². The number of unbranched alkanes of at least 4 members (excludes halogenated alkanes) is 9. The van der Waals surface area contributed by atoms with Gasteiger partial charge in [0.05, 0.1) is 0 Å². The van der Waals surface area contributed by atoms with E-state index in [0.717, 1.165) is 24.8 Å². The van der Waals surface area contributed by atoms with Gasteiger partial charge in [0.1, 0.15) is 0 Å². The fourth-order valence-corrected chi connectivity index (χ4v) is 3.03. The number of hydrogen-bond acceptors (Lipinski definition) is 2. The molecule has 0 unspecified atom stereocenters. The average molecular weight is 359 g/mol. The standard InChI is InChI=1S/C24H38O2/c1-2-3-4-5-6-7-8-9-10-11-12-13-14-15-16-17-18-22-19-20-23(25)24(26)21-22/h5-6,8-9,19-21,25-26H,2-4,7,10-18H2,1H3/b6-5+,9-8+. The first kappa shape index (κ1) is 22.3. The summed E-state index contributed by atoms with van der Waals surface area (Å²) in [5, 5.41) is 18.8. The number of rotatable bonds is 15. The van der Waals surface area contributed by atoms with Crippen LogP contribution >= 0.6 is 0 Å². The van der Waals surface area contributed by atoms with Crippen LogP contribution in [0.2, 0.25) is 0 Å². The molecule has 0 heterocycles. The first-order valence-corrected chi connectivity index (χ1v) is 10.5. The molecule has 0 bridgehead atoms. The van der Waals surface area contributed by atoms with Crippen LogP contribution < -0.4 is 0 Å². The highest BCUT2D eigenvalue weighted by Crippen LogP contribution is 2.25. The lowest BCUT2D eigenvalue weighted by Crippen LogP contribution is -1.86. The Bertz CT molecular complexity index is 517. The van der Waals surface area contributed by atoms with E-state index in [2.05, 4.69) is 31.2 Å². The monoisotopic (exact) mass is 358 g/mol. The Morgan fingerprint density at radius 3 is 1.96 bits per heavy atom. The molecule has 2 nitrogen and oxygen atoms in total. The number of aromatic hydroxyl groups is 2. The Kier molecular flexibility index (Phi) is 13.4. The van der Waals surface area contributed by atoms with Crippen LogP contribution in [-0.4, -0.2) is 10.2 Å². The minimum absolute atomic E-state index is 0.0101. The number of phenolic OH excluding ortho intramolecular Hbond substituents is 2. The summed E-state index contributed by atoms with van der Waals surface area (Å²) in [5.41, 5.74) is 1.10. The van der Waals surface area contributed by atoms with Crippen molar-refractivity contribution in [3.05, 3.63) is 48.1 Å². The number of aryl methyl sites for hydroxylation is 1. The number of hydrogen-bond donors (Lipinski definition) is 2. The maximum absolute atomic E-state index is 9.48. The molecule has 146 valence electrons. The van der Waals surface area contributed by atoms with E-state index in [0.29, 0.717) is 0 Å². The van der Waals surface area contributed by atoms with Gasteiger partial charge in [0, 0.05) is 0 Å². The van der Waals surface area contributed by atoms with Crippen molar-refractivity contribution >= 4 is 0 Å². The maximum atomic E-state index is 9.48. The van der Waals surface area contributed by atoms with Crippen molar-refractivity contribution in [3.8, 4) is 11.5 Å². The molecule has 0 aliphatic carbocycles. The van der Waals surface area contributed by atoms with Gasteiger partial charge in [-0.3, -0.25) is 0 Å². The van der Waals surface area contributed by atoms with Crippen LogP contribution in [0.4, 0.5) is 0 Å². The van der Waals surface area contributed by atoms with Crippen molar-refractivity contribution < 1.29 is 10.2 Å². The molecule has 2 N–H and O–H groups in total. The predicted octanol–water partition coefficient (Wildman–Crippen LogP) is 7.45. The van der Waals surface area contributed by atoms with Gasteiger partial charge in [-0.15, -0.1) is 0 Å². The number of allylic oxidation sites excluding steroid dienone is 4. The molecule has 0 saturated carbocycles. The van der Waals surface area contributed by atoms with Gasteiger partial charge in [-0.2, -0.15) is 0 Å². The van der Waals surface area contributed by atoms with Crippen LogP contribution in [0.25, 0.3) is 0 Å².